The second-order valence-corrected chi connectivity index (χ2v) is 11.9. The summed E-state index contributed by atoms with van der Waals surface area (Å²) in [7, 11) is 3.87. The Bertz CT molecular complexity index is 1960. The number of hydrogen-bond donors (Lipinski definition) is 2. The number of fused-ring (bicyclic) bond motifs is 1. The Morgan fingerprint density at radius 1 is 1.05 bits per heavy atom. The van der Waals surface area contributed by atoms with Crippen LogP contribution in [0, 0.1) is 10.1 Å². The van der Waals surface area contributed by atoms with E-state index in [-0.39, 0.29) is 22.7 Å². The number of nitro groups is 1. The first kappa shape index (κ1) is 30.9. The van der Waals surface area contributed by atoms with E-state index >= 15 is 0 Å². The van der Waals surface area contributed by atoms with Gasteiger partial charge in [-0.3, -0.25) is 14.9 Å². The van der Waals surface area contributed by atoms with E-state index in [9.17, 15) is 19.7 Å². The maximum Gasteiger partial charge on any atom is 0.343 e. The van der Waals surface area contributed by atoms with E-state index in [2.05, 4.69) is 47.4 Å². The molecule has 5 aromatic rings. The zero-order valence-electron chi connectivity index (χ0n) is 23.1. The van der Waals surface area contributed by atoms with E-state index in [1.54, 1.807) is 18.2 Å². The predicted octanol–water partition coefficient (Wildman–Crippen LogP) is 7.97. The van der Waals surface area contributed by atoms with Crippen molar-refractivity contribution in [2.24, 2.45) is 5.10 Å². The van der Waals surface area contributed by atoms with Crippen LogP contribution < -0.4 is 15.1 Å². The first-order valence-corrected chi connectivity index (χ1v) is 14.9. The molecule has 10 nitrogen and oxygen atoms in total. The lowest BCUT2D eigenvalue weighted by Gasteiger charge is -2.13. The molecule has 0 radical (unpaired) electrons. The summed E-state index contributed by atoms with van der Waals surface area (Å²) in [6.07, 6.45) is 1.34. The highest BCUT2D eigenvalue weighted by Gasteiger charge is 2.22. The van der Waals surface area contributed by atoms with E-state index in [0.29, 0.717) is 30.7 Å². The number of ether oxygens (including phenoxy) is 1. The van der Waals surface area contributed by atoms with E-state index in [1.165, 1.54) is 30.5 Å². The van der Waals surface area contributed by atoms with E-state index in [1.807, 2.05) is 55.4 Å². The molecule has 0 unspecified atom stereocenters. The number of halogens is 3. The van der Waals surface area contributed by atoms with E-state index in [0.717, 1.165) is 16.6 Å². The summed E-state index contributed by atoms with van der Waals surface area (Å²) in [6, 6.07) is 21.5. The molecular formula is C31H22Br2ClN5O5. The summed E-state index contributed by atoms with van der Waals surface area (Å²) in [5, 5.41) is 16.4. The molecule has 1 amide bonds. The third-order valence-corrected chi connectivity index (χ3v) is 7.96. The Kier molecular flexibility index (Phi) is 9.14. The molecule has 0 aliphatic heterocycles. The Morgan fingerprint density at radius 2 is 1.77 bits per heavy atom. The van der Waals surface area contributed by atoms with Gasteiger partial charge in [-0.25, -0.2) is 10.2 Å². The largest absolute Gasteiger partial charge is 0.421 e. The summed E-state index contributed by atoms with van der Waals surface area (Å²) < 4.78 is 6.70. The molecule has 0 aliphatic carbocycles. The average molecular weight is 740 g/mol. The summed E-state index contributed by atoms with van der Waals surface area (Å²) >= 11 is 13.4. The number of nitro benzene ring substituents is 1. The molecule has 5 rings (SSSR count). The van der Waals surface area contributed by atoms with Crippen LogP contribution in [0.1, 0.15) is 26.4 Å². The zero-order chi connectivity index (χ0) is 31.5. The minimum Gasteiger partial charge on any atom is -0.421 e. The number of carbonyl (C=O) groups is 2. The topological polar surface area (TPSA) is 130 Å². The Balaban J connectivity index is 1.45. The maximum atomic E-state index is 13.5. The summed E-state index contributed by atoms with van der Waals surface area (Å²) in [6.45, 7) is 0. The number of rotatable bonds is 8. The number of aromatic nitrogens is 1. The number of non-ortho nitro benzene ring substituents is 1. The smallest absolute Gasteiger partial charge is 0.343 e. The molecule has 4 aromatic carbocycles. The fourth-order valence-electron chi connectivity index (χ4n) is 4.44. The fourth-order valence-corrected chi connectivity index (χ4v) is 6.01. The Morgan fingerprint density at radius 3 is 2.45 bits per heavy atom. The van der Waals surface area contributed by atoms with Crippen molar-refractivity contribution in [2.75, 3.05) is 19.0 Å². The molecule has 13 heteroatoms. The molecular weight excluding hydrogens is 718 g/mol. The van der Waals surface area contributed by atoms with Gasteiger partial charge in [-0.15, -0.1) is 0 Å². The van der Waals surface area contributed by atoms with Crippen molar-refractivity contribution in [1.82, 2.24) is 10.4 Å². The van der Waals surface area contributed by atoms with E-state index in [4.69, 9.17) is 16.3 Å². The van der Waals surface area contributed by atoms with Gasteiger partial charge in [0.25, 0.3) is 11.6 Å². The van der Waals surface area contributed by atoms with Crippen LogP contribution in [-0.2, 0) is 0 Å². The average Bonchev–Trinajstić information content (AvgIpc) is 3.37. The molecule has 0 atom stereocenters. The van der Waals surface area contributed by atoms with Gasteiger partial charge < -0.3 is 14.6 Å². The van der Waals surface area contributed by atoms with Crippen LogP contribution in [0.25, 0.3) is 22.0 Å². The van der Waals surface area contributed by atoms with Gasteiger partial charge in [0.05, 0.1) is 21.2 Å². The number of hydrazone groups is 1. The number of anilines is 1. The predicted molar refractivity (Wildman–Crippen MR) is 178 cm³/mol. The normalized spacial score (nSPS) is 11.1. The highest BCUT2D eigenvalue weighted by molar-refractivity contribution is 9.11. The van der Waals surface area contributed by atoms with Gasteiger partial charge in [0.1, 0.15) is 5.69 Å². The maximum absolute atomic E-state index is 13.5. The van der Waals surface area contributed by atoms with Crippen molar-refractivity contribution in [3.8, 4) is 16.9 Å². The monoisotopic (exact) mass is 737 g/mol. The number of benzene rings is 4. The van der Waals surface area contributed by atoms with Gasteiger partial charge in [0.15, 0.2) is 5.75 Å². The lowest BCUT2D eigenvalue weighted by atomic mass is 10.0. The highest BCUT2D eigenvalue weighted by atomic mass is 79.9. The second-order valence-electron chi connectivity index (χ2n) is 9.68. The van der Waals surface area contributed by atoms with Crippen LogP contribution in [0.4, 0.5) is 11.4 Å². The van der Waals surface area contributed by atoms with Gasteiger partial charge in [0, 0.05) is 69.0 Å². The van der Waals surface area contributed by atoms with Crippen LogP contribution >= 0.6 is 43.5 Å². The van der Waals surface area contributed by atoms with Gasteiger partial charge >= 0.3 is 5.97 Å². The highest BCUT2D eigenvalue weighted by Crippen LogP contribution is 2.38. The fraction of sp³-hybridized carbons (Fsp3) is 0.0645. The minimum absolute atomic E-state index is 0.116. The number of aromatic amines is 1. The quantitative estimate of drug-likeness (QED) is 0.0546. The molecule has 222 valence electrons. The van der Waals surface area contributed by atoms with Crippen molar-refractivity contribution >= 4 is 83.8 Å². The number of nitrogens with one attached hydrogen (secondary N) is 2. The number of nitrogens with zero attached hydrogens (tertiary/aromatic N) is 3. The molecule has 0 spiro atoms. The van der Waals surface area contributed by atoms with E-state index < -0.39 is 16.8 Å². The zero-order valence-corrected chi connectivity index (χ0v) is 27.0. The molecule has 0 saturated heterocycles. The van der Waals surface area contributed by atoms with Crippen LogP contribution in [0.15, 0.2) is 92.9 Å². The molecule has 0 bridgehead atoms. The third kappa shape index (κ3) is 6.52. The van der Waals surface area contributed by atoms with Crippen LogP contribution in [0.2, 0.25) is 5.02 Å². The number of esters is 1. The molecule has 1 heterocycles. The standard InChI is InChI=1S/C31H22Br2ClN5O5/c1-38(2)21-11-12-26-23(15-21)27(22-5-3-4-6-25(22)34)28(36-26)30(40)37-35-16-18-13-19(32)14-24(33)29(18)44-31(41)17-7-9-20(10-8-17)39(42)43/h3-16,36H,1-2H3,(H,37,40). The molecule has 1 aromatic heterocycles. The van der Waals surface area contributed by atoms with Crippen molar-refractivity contribution in [3.63, 3.8) is 0 Å². The van der Waals surface area contributed by atoms with Crippen molar-refractivity contribution in [1.29, 1.82) is 0 Å². The van der Waals surface area contributed by atoms with Gasteiger partial charge in [-0.2, -0.15) is 5.10 Å². The number of hydrogen-bond acceptors (Lipinski definition) is 7. The third-order valence-electron chi connectivity index (χ3n) is 6.58. The molecule has 0 fully saturated rings. The lowest BCUT2D eigenvalue weighted by Crippen LogP contribution is -2.19. The first-order valence-electron chi connectivity index (χ1n) is 12.9. The SMILES string of the molecule is CN(C)c1ccc2[nH]c(C(=O)NN=Cc3cc(Br)cc(Br)c3OC(=O)c3ccc([N+](=O)[O-])cc3)c(-c3ccccc3Cl)c2c1. The Hall–Kier alpha value is -4.52. The van der Waals surface area contributed by atoms with Crippen LogP contribution in [0.3, 0.4) is 0 Å². The molecule has 0 aliphatic rings. The van der Waals surface area contributed by atoms with Gasteiger partial charge in [0.2, 0.25) is 0 Å². The molecule has 0 saturated carbocycles. The number of amides is 1. The second kappa shape index (κ2) is 13.0. The van der Waals surface area contributed by atoms with Crippen molar-refractivity contribution in [3.05, 3.63) is 120 Å². The minimum atomic E-state index is -0.735. The lowest BCUT2D eigenvalue weighted by molar-refractivity contribution is -0.384. The number of H-pyrrole nitrogens is 1. The summed E-state index contributed by atoms with van der Waals surface area (Å²) in [5.74, 6) is -1.12. The van der Waals surface area contributed by atoms with Crippen molar-refractivity contribution in [2.45, 2.75) is 0 Å². The molecule has 44 heavy (non-hydrogen) atoms. The van der Waals surface area contributed by atoms with Crippen LogP contribution in [-0.4, -0.2) is 42.1 Å². The van der Waals surface area contributed by atoms with Crippen LogP contribution in [0.5, 0.6) is 5.75 Å². The van der Waals surface area contributed by atoms with Crippen molar-refractivity contribution < 1.29 is 19.2 Å². The van der Waals surface area contributed by atoms with Gasteiger partial charge in [-0.05, 0) is 64.5 Å². The number of carbonyl (C=O) groups excluding carboxylic acids is 2. The Labute approximate surface area is 273 Å². The van der Waals surface area contributed by atoms with Gasteiger partial charge in [-0.1, -0.05) is 45.7 Å². The summed E-state index contributed by atoms with van der Waals surface area (Å²) in [4.78, 5) is 41.9. The molecule has 2 N–H and O–H groups in total. The summed E-state index contributed by atoms with van der Waals surface area (Å²) in [5.41, 5.74) is 6.15. The first-order chi connectivity index (χ1) is 21.0.